The fourth-order valence-electron chi connectivity index (χ4n) is 3.84. The van der Waals surface area contributed by atoms with Crippen LogP contribution in [0.5, 0.6) is 11.5 Å². The van der Waals surface area contributed by atoms with Crippen molar-refractivity contribution < 1.29 is 14.0 Å². The summed E-state index contributed by atoms with van der Waals surface area (Å²) in [6, 6.07) is 14.2. The highest BCUT2D eigenvalue weighted by molar-refractivity contribution is 5.59. The van der Waals surface area contributed by atoms with Gasteiger partial charge in [0.1, 0.15) is 17.1 Å². The quantitative estimate of drug-likeness (QED) is 0.688. The average molecular weight is 348 g/mol. The lowest BCUT2D eigenvalue weighted by atomic mass is 9.84. The van der Waals surface area contributed by atoms with Gasteiger partial charge in [0.15, 0.2) is 0 Å². The van der Waals surface area contributed by atoms with E-state index in [0.29, 0.717) is 11.7 Å². The van der Waals surface area contributed by atoms with E-state index in [0.717, 1.165) is 42.1 Å². The molecular formula is C21H20N2O3. The highest BCUT2D eigenvalue weighted by Gasteiger charge is 2.37. The molecule has 1 aromatic heterocycles. The van der Waals surface area contributed by atoms with Crippen molar-refractivity contribution in [2.45, 2.75) is 38.2 Å². The average Bonchev–Trinajstić information content (AvgIpc) is 3.29. The number of hydrogen-bond acceptors (Lipinski definition) is 5. The van der Waals surface area contributed by atoms with Crippen molar-refractivity contribution in [1.82, 2.24) is 10.1 Å². The molecule has 0 spiro atoms. The summed E-state index contributed by atoms with van der Waals surface area (Å²) >= 11 is 0. The van der Waals surface area contributed by atoms with Crippen molar-refractivity contribution in [1.29, 1.82) is 0 Å². The molecule has 0 saturated heterocycles. The van der Waals surface area contributed by atoms with E-state index >= 15 is 0 Å². The summed E-state index contributed by atoms with van der Waals surface area (Å²) in [5, 5.41) is 4.24. The van der Waals surface area contributed by atoms with Gasteiger partial charge in [-0.15, -0.1) is 0 Å². The molecule has 0 amide bonds. The third-order valence-electron chi connectivity index (χ3n) is 5.06. The van der Waals surface area contributed by atoms with Gasteiger partial charge in [-0.2, -0.15) is 4.98 Å². The van der Waals surface area contributed by atoms with Crippen LogP contribution in [0, 0.1) is 0 Å². The number of rotatable bonds is 2. The largest absolute Gasteiger partial charge is 0.493 e. The molecule has 5 rings (SSSR count). The Bertz CT molecular complexity index is 977. The zero-order valence-electron chi connectivity index (χ0n) is 14.9. The molecule has 2 aliphatic rings. The van der Waals surface area contributed by atoms with Crippen molar-refractivity contribution in [2.24, 2.45) is 0 Å². The lowest BCUT2D eigenvalue weighted by Gasteiger charge is -2.36. The SMILES string of the molecule is CC1(C)CC(c2nc(-c3ccc4c(c3)CCO4)no2)c2ccccc2O1. The standard InChI is InChI=1S/C21H20N2O3/c1-21(2)12-16(15-5-3-4-6-18(15)25-21)20-22-19(23-26-20)14-7-8-17-13(11-14)9-10-24-17/h3-8,11,16H,9-10,12H2,1-2H3. The Kier molecular flexibility index (Phi) is 3.32. The maximum atomic E-state index is 6.11. The number of benzene rings is 2. The number of hydrogen-bond donors (Lipinski definition) is 0. The van der Waals surface area contributed by atoms with E-state index in [1.54, 1.807) is 0 Å². The molecule has 0 bridgehead atoms. The van der Waals surface area contributed by atoms with E-state index in [-0.39, 0.29) is 11.5 Å². The van der Waals surface area contributed by atoms with E-state index in [4.69, 9.17) is 19.0 Å². The molecule has 0 fully saturated rings. The molecule has 3 heterocycles. The van der Waals surface area contributed by atoms with E-state index in [9.17, 15) is 0 Å². The molecule has 1 unspecified atom stereocenters. The molecule has 1 atom stereocenters. The Balaban J connectivity index is 1.52. The van der Waals surface area contributed by atoms with Crippen LogP contribution in [0.25, 0.3) is 11.4 Å². The van der Waals surface area contributed by atoms with E-state index < -0.39 is 0 Å². The van der Waals surface area contributed by atoms with Gasteiger partial charge in [0.2, 0.25) is 11.7 Å². The maximum Gasteiger partial charge on any atom is 0.234 e. The predicted octanol–water partition coefficient (Wildman–Crippen LogP) is 4.36. The van der Waals surface area contributed by atoms with Crippen molar-refractivity contribution >= 4 is 0 Å². The second kappa shape index (κ2) is 5.59. The minimum atomic E-state index is -0.279. The van der Waals surface area contributed by atoms with Crippen LogP contribution in [-0.2, 0) is 6.42 Å². The maximum absolute atomic E-state index is 6.11. The predicted molar refractivity (Wildman–Crippen MR) is 96.5 cm³/mol. The Morgan fingerprint density at radius 1 is 1.08 bits per heavy atom. The Hall–Kier alpha value is -2.82. The first-order valence-electron chi connectivity index (χ1n) is 8.97. The summed E-state index contributed by atoms with van der Waals surface area (Å²) in [6.45, 7) is 4.92. The van der Waals surface area contributed by atoms with Crippen molar-refractivity contribution in [2.75, 3.05) is 6.61 Å². The lowest BCUT2D eigenvalue weighted by molar-refractivity contribution is 0.0725. The fraction of sp³-hybridized carbons (Fsp3) is 0.333. The zero-order chi connectivity index (χ0) is 17.7. The van der Waals surface area contributed by atoms with Crippen molar-refractivity contribution in [3.8, 4) is 22.9 Å². The summed E-state index contributed by atoms with van der Waals surface area (Å²) in [5.74, 6) is 3.15. The molecule has 5 nitrogen and oxygen atoms in total. The number of nitrogens with zero attached hydrogens (tertiary/aromatic N) is 2. The minimum absolute atomic E-state index is 0.0361. The van der Waals surface area contributed by atoms with Crippen LogP contribution in [0.15, 0.2) is 47.0 Å². The van der Waals surface area contributed by atoms with Crippen molar-refractivity contribution in [3.63, 3.8) is 0 Å². The topological polar surface area (TPSA) is 57.4 Å². The van der Waals surface area contributed by atoms with Gasteiger partial charge >= 0.3 is 0 Å². The number of ether oxygens (including phenoxy) is 2. The van der Waals surface area contributed by atoms with Crippen LogP contribution < -0.4 is 9.47 Å². The zero-order valence-corrected chi connectivity index (χ0v) is 14.9. The first-order valence-corrected chi connectivity index (χ1v) is 8.97. The first-order chi connectivity index (χ1) is 12.6. The summed E-state index contributed by atoms with van der Waals surface area (Å²) in [6.07, 6.45) is 1.72. The van der Waals surface area contributed by atoms with Gasteiger partial charge < -0.3 is 14.0 Å². The molecule has 0 N–H and O–H groups in total. The van der Waals surface area contributed by atoms with Crippen LogP contribution in [0.2, 0.25) is 0 Å². The third-order valence-corrected chi connectivity index (χ3v) is 5.06. The summed E-state index contributed by atoms with van der Waals surface area (Å²) in [4.78, 5) is 4.72. The smallest absolute Gasteiger partial charge is 0.234 e. The molecule has 5 heteroatoms. The first kappa shape index (κ1) is 15.4. The molecule has 3 aromatic rings. The van der Waals surface area contributed by atoms with Crippen LogP contribution in [-0.4, -0.2) is 22.3 Å². The molecule has 0 saturated carbocycles. The molecular weight excluding hydrogens is 328 g/mol. The van der Waals surface area contributed by atoms with Gasteiger partial charge in [-0.25, -0.2) is 0 Å². The number of para-hydroxylation sites is 1. The second-order valence-corrected chi connectivity index (χ2v) is 7.53. The summed E-state index contributed by atoms with van der Waals surface area (Å²) < 4.78 is 17.4. The molecule has 132 valence electrons. The third kappa shape index (κ3) is 2.55. The summed E-state index contributed by atoms with van der Waals surface area (Å²) in [7, 11) is 0. The second-order valence-electron chi connectivity index (χ2n) is 7.53. The van der Waals surface area contributed by atoms with Crippen LogP contribution >= 0.6 is 0 Å². The molecule has 0 aliphatic carbocycles. The van der Waals surface area contributed by atoms with Gasteiger partial charge in [0.25, 0.3) is 0 Å². The van der Waals surface area contributed by atoms with Crippen molar-refractivity contribution in [3.05, 3.63) is 59.5 Å². The van der Waals surface area contributed by atoms with Gasteiger partial charge in [0.05, 0.1) is 12.5 Å². The van der Waals surface area contributed by atoms with E-state index in [2.05, 4.69) is 31.1 Å². The van der Waals surface area contributed by atoms with Gasteiger partial charge in [-0.05, 0) is 43.7 Å². The Morgan fingerprint density at radius 3 is 2.88 bits per heavy atom. The molecule has 2 aromatic carbocycles. The number of fused-ring (bicyclic) bond motifs is 2. The highest BCUT2D eigenvalue weighted by Crippen LogP contribution is 2.43. The molecule has 0 radical (unpaired) electrons. The highest BCUT2D eigenvalue weighted by atomic mass is 16.5. The van der Waals surface area contributed by atoms with Crippen LogP contribution in [0.3, 0.4) is 0 Å². The van der Waals surface area contributed by atoms with E-state index in [1.807, 2.05) is 30.3 Å². The van der Waals surface area contributed by atoms with Crippen LogP contribution in [0.1, 0.15) is 43.2 Å². The van der Waals surface area contributed by atoms with E-state index in [1.165, 1.54) is 5.56 Å². The normalized spacial score (nSPS) is 20.0. The van der Waals surface area contributed by atoms with Gasteiger partial charge in [0, 0.05) is 24.0 Å². The monoisotopic (exact) mass is 348 g/mol. The molecule has 26 heavy (non-hydrogen) atoms. The number of aromatic nitrogens is 2. The Morgan fingerprint density at radius 2 is 1.96 bits per heavy atom. The van der Waals surface area contributed by atoms with Gasteiger partial charge in [-0.3, -0.25) is 0 Å². The minimum Gasteiger partial charge on any atom is -0.493 e. The molecule has 2 aliphatic heterocycles. The lowest BCUT2D eigenvalue weighted by Crippen LogP contribution is -2.35. The van der Waals surface area contributed by atoms with Gasteiger partial charge in [-0.1, -0.05) is 23.4 Å². The fourth-order valence-corrected chi connectivity index (χ4v) is 3.84. The van der Waals surface area contributed by atoms with Crippen LogP contribution in [0.4, 0.5) is 0 Å². The summed E-state index contributed by atoms with van der Waals surface area (Å²) in [5.41, 5.74) is 2.98. The Labute approximate surface area is 152 Å².